The van der Waals surface area contributed by atoms with E-state index in [0.29, 0.717) is 12.8 Å². The standard InChI is InChI=1S/C14H22O4/c1-13-5-3-9(16)7-11(13)12(17)10(4-6-13)14(2,18)8-15/h7,10,12,15,17-18H,3-6,8H2,1-2H3/t10-,12-,13-,14-/m1/s1. The van der Waals surface area contributed by atoms with Gasteiger partial charge in [0, 0.05) is 12.3 Å². The molecule has 0 radical (unpaired) electrons. The third-order valence-electron chi connectivity index (χ3n) is 4.76. The van der Waals surface area contributed by atoms with Gasteiger partial charge in [0.15, 0.2) is 5.78 Å². The second-order valence-electron chi connectivity index (χ2n) is 6.23. The lowest BCUT2D eigenvalue weighted by Crippen LogP contribution is -2.51. The Morgan fingerprint density at radius 2 is 2.17 bits per heavy atom. The molecule has 1 saturated carbocycles. The first-order valence-electron chi connectivity index (χ1n) is 6.56. The van der Waals surface area contributed by atoms with Gasteiger partial charge in [-0.3, -0.25) is 4.79 Å². The topological polar surface area (TPSA) is 77.8 Å². The first-order valence-corrected chi connectivity index (χ1v) is 6.56. The lowest BCUT2D eigenvalue weighted by atomic mass is 9.59. The first kappa shape index (κ1) is 13.7. The van der Waals surface area contributed by atoms with Crippen molar-refractivity contribution in [1.29, 1.82) is 0 Å². The van der Waals surface area contributed by atoms with Crippen molar-refractivity contribution in [3.05, 3.63) is 11.6 Å². The number of hydrogen-bond acceptors (Lipinski definition) is 4. The highest BCUT2D eigenvalue weighted by atomic mass is 16.3. The minimum atomic E-state index is -1.30. The van der Waals surface area contributed by atoms with Crippen LogP contribution < -0.4 is 0 Å². The summed E-state index contributed by atoms with van der Waals surface area (Å²) in [6.07, 6.45) is 3.51. The number of allylic oxidation sites excluding steroid dienone is 1. The van der Waals surface area contributed by atoms with Gasteiger partial charge in [-0.1, -0.05) is 6.92 Å². The van der Waals surface area contributed by atoms with Crippen molar-refractivity contribution in [2.75, 3.05) is 6.61 Å². The molecular weight excluding hydrogens is 232 g/mol. The Morgan fingerprint density at radius 3 is 2.78 bits per heavy atom. The molecule has 1 fully saturated rings. The van der Waals surface area contributed by atoms with E-state index in [0.717, 1.165) is 18.4 Å². The molecule has 102 valence electrons. The van der Waals surface area contributed by atoms with Gasteiger partial charge in [-0.2, -0.15) is 0 Å². The monoisotopic (exact) mass is 254 g/mol. The first-order chi connectivity index (χ1) is 8.30. The molecule has 0 bridgehead atoms. The molecule has 0 heterocycles. The third kappa shape index (κ3) is 2.13. The highest BCUT2D eigenvalue weighted by Gasteiger charge is 2.48. The van der Waals surface area contributed by atoms with Gasteiger partial charge in [0.05, 0.1) is 18.3 Å². The van der Waals surface area contributed by atoms with Crippen LogP contribution in [0.3, 0.4) is 0 Å². The predicted molar refractivity (Wildman–Crippen MR) is 66.9 cm³/mol. The molecule has 18 heavy (non-hydrogen) atoms. The zero-order chi connectivity index (χ0) is 13.6. The van der Waals surface area contributed by atoms with Crippen molar-refractivity contribution in [2.45, 2.75) is 51.2 Å². The van der Waals surface area contributed by atoms with Crippen LogP contribution in [0.1, 0.15) is 39.5 Å². The number of hydrogen-bond donors (Lipinski definition) is 3. The molecule has 0 saturated heterocycles. The Kier molecular flexibility index (Phi) is 3.38. The number of carbonyl (C=O) groups excluding carboxylic acids is 1. The summed E-state index contributed by atoms with van der Waals surface area (Å²) < 4.78 is 0. The van der Waals surface area contributed by atoms with E-state index in [9.17, 15) is 20.1 Å². The number of carbonyl (C=O) groups is 1. The van der Waals surface area contributed by atoms with E-state index in [1.54, 1.807) is 6.08 Å². The third-order valence-corrected chi connectivity index (χ3v) is 4.76. The smallest absolute Gasteiger partial charge is 0.155 e. The van der Waals surface area contributed by atoms with E-state index < -0.39 is 17.6 Å². The summed E-state index contributed by atoms with van der Waals surface area (Å²) in [5.41, 5.74) is -0.694. The van der Waals surface area contributed by atoms with Crippen molar-refractivity contribution in [1.82, 2.24) is 0 Å². The van der Waals surface area contributed by atoms with Gasteiger partial charge in [0.2, 0.25) is 0 Å². The van der Waals surface area contributed by atoms with Crippen LogP contribution in [-0.4, -0.2) is 39.4 Å². The van der Waals surface area contributed by atoms with Crippen LogP contribution in [0.2, 0.25) is 0 Å². The molecular formula is C14H22O4. The second-order valence-corrected chi connectivity index (χ2v) is 6.23. The summed E-state index contributed by atoms with van der Waals surface area (Å²) in [5, 5.41) is 29.8. The summed E-state index contributed by atoms with van der Waals surface area (Å²) in [6, 6.07) is 0. The Bertz CT molecular complexity index is 385. The van der Waals surface area contributed by atoms with Gasteiger partial charge in [0.25, 0.3) is 0 Å². The molecule has 4 heteroatoms. The van der Waals surface area contributed by atoms with Crippen molar-refractivity contribution in [3.8, 4) is 0 Å². The minimum Gasteiger partial charge on any atom is -0.393 e. The Morgan fingerprint density at radius 1 is 1.50 bits per heavy atom. The Labute approximate surface area is 107 Å². The van der Waals surface area contributed by atoms with Gasteiger partial charge < -0.3 is 15.3 Å². The van der Waals surface area contributed by atoms with Gasteiger partial charge in [-0.05, 0) is 43.3 Å². The SMILES string of the molecule is C[C@]12CCC(=O)C=C1[C@H](O)[C@H]([C@](C)(O)CO)CC2. The van der Waals surface area contributed by atoms with E-state index in [2.05, 4.69) is 6.92 Å². The van der Waals surface area contributed by atoms with E-state index >= 15 is 0 Å². The average Bonchev–Trinajstić information content (AvgIpc) is 2.31. The van der Waals surface area contributed by atoms with Crippen molar-refractivity contribution >= 4 is 5.78 Å². The molecule has 0 aromatic carbocycles. The van der Waals surface area contributed by atoms with Crippen LogP contribution in [0.5, 0.6) is 0 Å². The maximum atomic E-state index is 11.5. The van der Waals surface area contributed by atoms with Crippen LogP contribution in [0, 0.1) is 11.3 Å². The van der Waals surface area contributed by atoms with Crippen LogP contribution in [0.15, 0.2) is 11.6 Å². The van der Waals surface area contributed by atoms with E-state index in [1.807, 2.05) is 0 Å². The molecule has 4 atom stereocenters. The summed E-state index contributed by atoms with van der Waals surface area (Å²) >= 11 is 0. The normalized spacial score (nSPS) is 39.8. The summed E-state index contributed by atoms with van der Waals surface area (Å²) in [7, 11) is 0. The Hall–Kier alpha value is -0.710. The number of fused-ring (bicyclic) bond motifs is 1. The van der Waals surface area contributed by atoms with Gasteiger partial charge >= 0.3 is 0 Å². The molecule has 0 aliphatic heterocycles. The van der Waals surface area contributed by atoms with E-state index in [1.165, 1.54) is 6.92 Å². The molecule has 0 unspecified atom stereocenters. The van der Waals surface area contributed by atoms with Crippen molar-refractivity contribution < 1.29 is 20.1 Å². The fourth-order valence-electron chi connectivity index (χ4n) is 3.29. The summed E-state index contributed by atoms with van der Waals surface area (Å²) in [6.45, 7) is 3.22. The van der Waals surface area contributed by atoms with Gasteiger partial charge in [-0.25, -0.2) is 0 Å². The zero-order valence-electron chi connectivity index (χ0n) is 11.0. The van der Waals surface area contributed by atoms with Gasteiger partial charge in [0.1, 0.15) is 0 Å². The predicted octanol–water partition coefficient (Wildman–Crippen LogP) is 0.796. The molecule has 0 aromatic rings. The average molecular weight is 254 g/mol. The lowest BCUT2D eigenvalue weighted by molar-refractivity contribution is -0.119. The van der Waals surface area contributed by atoms with Crippen molar-refractivity contribution in [3.63, 3.8) is 0 Å². The number of aliphatic hydroxyl groups is 3. The second kappa shape index (κ2) is 4.44. The molecule has 3 N–H and O–H groups in total. The maximum Gasteiger partial charge on any atom is 0.155 e. The van der Waals surface area contributed by atoms with Crippen LogP contribution in [0.4, 0.5) is 0 Å². The Balaban J connectivity index is 2.32. The summed E-state index contributed by atoms with van der Waals surface area (Å²) in [4.78, 5) is 11.5. The van der Waals surface area contributed by atoms with Crippen molar-refractivity contribution in [2.24, 2.45) is 11.3 Å². The largest absolute Gasteiger partial charge is 0.393 e. The highest BCUT2D eigenvalue weighted by Crippen LogP contribution is 2.50. The molecule has 2 aliphatic rings. The minimum absolute atomic E-state index is 0.0471. The molecule has 0 spiro atoms. The van der Waals surface area contributed by atoms with Crippen LogP contribution in [0.25, 0.3) is 0 Å². The quantitative estimate of drug-likeness (QED) is 0.681. The lowest BCUT2D eigenvalue weighted by Gasteiger charge is -2.48. The molecule has 2 rings (SSSR count). The maximum absolute atomic E-state index is 11.5. The summed E-state index contributed by atoms with van der Waals surface area (Å²) in [5.74, 6) is -0.362. The van der Waals surface area contributed by atoms with Gasteiger partial charge in [-0.15, -0.1) is 0 Å². The fraction of sp³-hybridized carbons (Fsp3) is 0.786. The van der Waals surface area contributed by atoms with E-state index in [4.69, 9.17) is 0 Å². The molecule has 4 nitrogen and oxygen atoms in total. The molecule has 0 aromatic heterocycles. The van der Waals surface area contributed by atoms with Crippen LogP contribution in [-0.2, 0) is 4.79 Å². The number of aliphatic hydroxyl groups excluding tert-OH is 2. The highest BCUT2D eigenvalue weighted by molar-refractivity contribution is 5.91. The number of rotatable bonds is 2. The molecule has 0 amide bonds. The van der Waals surface area contributed by atoms with E-state index in [-0.39, 0.29) is 17.8 Å². The van der Waals surface area contributed by atoms with Crippen LogP contribution >= 0.6 is 0 Å². The number of ketones is 1. The zero-order valence-corrected chi connectivity index (χ0v) is 11.0. The molecule has 2 aliphatic carbocycles. The fourth-order valence-corrected chi connectivity index (χ4v) is 3.29.